The van der Waals surface area contributed by atoms with Gasteiger partial charge in [-0.15, -0.1) is 0 Å². The molecule has 1 aliphatic carbocycles. The van der Waals surface area contributed by atoms with Crippen molar-refractivity contribution in [2.45, 2.75) is 44.7 Å². The largest absolute Gasteiger partial charge is 0.442 e. The molecule has 1 aromatic carbocycles. The van der Waals surface area contributed by atoms with Crippen LogP contribution < -0.4 is 0 Å². The second-order valence-electron chi connectivity index (χ2n) is 5.72. The number of benzene rings is 1. The molecule has 1 aromatic rings. The van der Waals surface area contributed by atoms with Crippen molar-refractivity contribution in [3.05, 3.63) is 46.8 Å². The van der Waals surface area contributed by atoms with Crippen LogP contribution in [0.1, 0.15) is 42.7 Å². The predicted octanol–water partition coefficient (Wildman–Crippen LogP) is 5.96. The van der Waals surface area contributed by atoms with E-state index in [2.05, 4.69) is 0 Å². The summed E-state index contributed by atoms with van der Waals surface area (Å²) >= 11 is 0. The molecule has 0 spiro atoms. The summed E-state index contributed by atoms with van der Waals surface area (Å²) in [7, 11) is 0. The fraction of sp³-hybridized carbons (Fsp3) is 0.500. The number of aryl methyl sites for hydroxylation is 1. The second-order valence-corrected chi connectivity index (χ2v) is 5.72. The third-order valence-corrected chi connectivity index (χ3v) is 4.17. The van der Waals surface area contributed by atoms with Crippen molar-refractivity contribution in [3.8, 4) is 0 Å². The Labute approximate surface area is 124 Å². The van der Waals surface area contributed by atoms with E-state index in [1.165, 1.54) is 19.1 Å². The van der Waals surface area contributed by atoms with E-state index in [0.717, 1.165) is 0 Å². The molecule has 0 aromatic heterocycles. The van der Waals surface area contributed by atoms with Gasteiger partial charge >= 0.3 is 6.18 Å². The Morgan fingerprint density at radius 2 is 1.64 bits per heavy atom. The molecule has 0 radical (unpaired) electrons. The Balaban J connectivity index is 2.06. The summed E-state index contributed by atoms with van der Waals surface area (Å²) < 4.78 is 76.8. The molecule has 0 aliphatic heterocycles. The van der Waals surface area contributed by atoms with Crippen LogP contribution >= 0.6 is 0 Å². The van der Waals surface area contributed by atoms with Gasteiger partial charge in [0, 0.05) is 0 Å². The highest BCUT2D eigenvalue weighted by molar-refractivity contribution is 5.28. The molecular formula is C16H16F6. The van der Waals surface area contributed by atoms with E-state index in [-0.39, 0.29) is 17.0 Å². The molecule has 1 aliphatic rings. The summed E-state index contributed by atoms with van der Waals surface area (Å²) in [5, 5.41) is 0. The van der Waals surface area contributed by atoms with Gasteiger partial charge in [-0.25, -0.2) is 13.2 Å². The lowest BCUT2D eigenvalue weighted by molar-refractivity contribution is -0.109. The molecule has 0 bridgehead atoms. The Bertz CT molecular complexity index is 565. The molecule has 122 valence electrons. The summed E-state index contributed by atoms with van der Waals surface area (Å²) in [6.45, 7) is 1.46. The molecule has 2 rings (SSSR count). The fourth-order valence-corrected chi connectivity index (χ4v) is 2.87. The topological polar surface area (TPSA) is 0 Å². The first-order valence-corrected chi connectivity index (χ1v) is 7.09. The lowest BCUT2D eigenvalue weighted by Crippen LogP contribution is -2.16. The van der Waals surface area contributed by atoms with Gasteiger partial charge in [0.1, 0.15) is 0 Å². The Morgan fingerprint density at radius 3 is 2.18 bits per heavy atom. The third-order valence-electron chi connectivity index (χ3n) is 4.17. The lowest BCUT2D eigenvalue weighted by Gasteiger charge is -2.27. The van der Waals surface area contributed by atoms with Crippen LogP contribution in [0.2, 0.25) is 0 Å². The highest BCUT2D eigenvalue weighted by Crippen LogP contribution is 2.39. The van der Waals surface area contributed by atoms with Gasteiger partial charge in [-0.2, -0.15) is 13.2 Å². The van der Waals surface area contributed by atoms with Crippen molar-refractivity contribution < 1.29 is 26.3 Å². The number of hydrogen-bond acceptors (Lipinski definition) is 0. The van der Waals surface area contributed by atoms with E-state index in [1.54, 1.807) is 0 Å². The molecular weight excluding hydrogens is 306 g/mol. The minimum atomic E-state index is -4.96. The smallest absolute Gasteiger partial charge is 0.203 e. The van der Waals surface area contributed by atoms with Crippen LogP contribution in [-0.2, 0) is 0 Å². The van der Waals surface area contributed by atoms with Gasteiger partial charge in [0.05, 0.1) is 0 Å². The first kappa shape index (κ1) is 16.9. The molecule has 0 atom stereocenters. The average molecular weight is 322 g/mol. The van der Waals surface area contributed by atoms with Crippen molar-refractivity contribution in [1.29, 1.82) is 0 Å². The van der Waals surface area contributed by atoms with Crippen molar-refractivity contribution >= 4 is 0 Å². The molecule has 0 saturated heterocycles. The van der Waals surface area contributed by atoms with Gasteiger partial charge in [-0.05, 0) is 61.6 Å². The summed E-state index contributed by atoms with van der Waals surface area (Å²) in [5.41, 5.74) is 0.465. The SMILES string of the molecule is Cc1ccc(C2CCC(C=C(F)C(F)(F)F)CC2)c(F)c1F. The van der Waals surface area contributed by atoms with Gasteiger partial charge in [0.2, 0.25) is 0 Å². The predicted molar refractivity (Wildman–Crippen MR) is 71.0 cm³/mol. The van der Waals surface area contributed by atoms with Crippen molar-refractivity contribution in [2.75, 3.05) is 0 Å². The van der Waals surface area contributed by atoms with Crippen LogP contribution in [0.3, 0.4) is 0 Å². The number of hydrogen-bond donors (Lipinski definition) is 0. The number of halogens is 6. The van der Waals surface area contributed by atoms with E-state index in [9.17, 15) is 26.3 Å². The molecule has 0 nitrogen and oxygen atoms in total. The quantitative estimate of drug-likeness (QED) is 0.589. The Hall–Kier alpha value is -1.46. The Kier molecular flexibility index (Phi) is 4.87. The van der Waals surface area contributed by atoms with Crippen molar-refractivity contribution in [1.82, 2.24) is 0 Å². The van der Waals surface area contributed by atoms with E-state index in [1.807, 2.05) is 0 Å². The minimum Gasteiger partial charge on any atom is -0.203 e. The monoisotopic (exact) mass is 322 g/mol. The van der Waals surface area contributed by atoms with E-state index in [0.29, 0.717) is 31.8 Å². The first-order chi connectivity index (χ1) is 10.2. The highest BCUT2D eigenvalue weighted by atomic mass is 19.4. The number of allylic oxidation sites excluding steroid dienone is 2. The molecule has 0 N–H and O–H groups in total. The molecule has 6 heteroatoms. The molecule has 0 amide bonds. The summed E-state index contributed by atoms with van der Waals surface area (Å²) in [5.74, 6) is -4.61. The summed E-state index contributed by atoms with van der Waals surface area (Å²) in [4.78, 5) is 0. The van der Waals surface area contributed by atoms with E-state index in [4.69, 9.17) is 0 Å². The minimum absolute atomic E-state index is 0.213. The normalized spacial score (nSPS) is 23.7. The molecule has 1 fully saturated rings. The van der Waals surface area contributed by atoms with Crippen LogP contribution in [0.4, 0.5) is 26.3 Å². The van der Waals surface area contributed by atoms with Crippen LogP contribution in [-0.4, -0.2) is 6.18 Å². The zero-order valence-electron chi connectivity index (χ0n) is 12.0. The fourth-order valence-electron chi connectivity index (χ4n) is 2.87. The summed E-state index contributed by atoms with van der Waals surface area (Å²) in [6.07, 6.45) is -2.89. The van der Waals surface area contributed by atoms with Crippen LogP contribution in [0, 0.1) is 24.5 Å². The highest BCUT2D eigenvalue weighted by Gasteiger charge is 2.35. The van der Waals surface area contributed by atoms with Gasteiger partial charge < -0.3 is 0 Å². The van der Waals surface area contributed by atoms with Crippen LogP contribution in [0.25, 0.3) is 0 Å². The van der Waals surface area contributed by atoms with E-state index < -0.39 is 29.6 Å². The van der Waals surface area contributed by atoms with Crippen LogP contribution in [0.5, 0.6) is 0 Å². The van der Waals surface area contributed by atoms with Gasteiger partial charge in [0.25, 0.3) is 0 Å². The van der Waals surface area contributed by atoms with Gasteiger partial charge in [-0.3, -0.25) is 0 Å². The molecule has 22 heavy (non-hydrogen) atoms. The summed E-state index contributed by atoms with van der Waals surface area (Å²) in [6, 6.07) is 3.01. The van der Waals surface area contributed by atoms with Gasteiger partial charge in [0.15, 0.2) is 17.5 Å². The van der Waals surface area contributed by atoms with Crippen LogP contribution in [0.15, 0.2) is 24.0 Å². The van der Waals surface area contributed by atoms with E-state index >= 15 is 0 Å². The van der Waals surface area contributed by atoms with Crippen molar-refractivity contribution in [3.63, 3.8) is 0 Å². The van der Waals surface area contributed by atoms with Gasteiger partial charge in [-0.1, -0.05) is 12.1 Å². The molecule has 0 heterocycles. The number of rotatable bonds is 2. The maximum absolute atomic E-state index is 13.9. The standard InChI is InChI=1S/C16H16F6/c1-9-2-7-12(15(19)14(9)18)11-5-3-10(4-6-11)8-13(17)16(20,21)22/h2,7-8,10-11H,3-6H2,1H3. The lowest BCUT2D eigenvalue weighted by atomic mass is 9.78. The average Bonchev–Trinajstić information content (AvgIpc) is 2.45. The zero-order chi connectivity index (χ0) is 16.5. The molecule has 0 unspecified atom stereocenters. The van der Waals surface area contributed by atoms with Crippen molar-refractivity contribution in [2.24, 2.45) is 5.92 Å². The maximum atomic E-state index is 13.9. The Morgan fingerprint density at radius 1 is 1.05 bits per heavy atom. The zero-order valence-corrected chi connectivity index (χ0v) is 12.0. The number of alkyl halides is 3. The third kappa shape index (κ3) is 3.65. The second kappa shape index (κ2) is 6.34. The first-order valence-electron chi connectivity index (χ1n) is 7.09. The molecule has 1 saturated carbocycles. The maximum Gasteiger partial charge on any atom is 0.442 e.